The van der Waals surface area contributed by atoms with Crippen LogP contribution in [0.1, 0.15) is 12.8 Å². The zero-order valence-corrected chi connectivity index (χ0v) is 18.9. The van der Waals surface area contributed by atoms with Crippen molar-refractivity contribution in [1.29, 1.82) is 0 Å². The van der Waals surface area contributed by atoms with Gasteiger partial charge < -0.3 is 20.5 Å². The lowest BCUT2D eigenvalue weighted by molar-refractivity contribution is -0.138. The van der Waals surface area contributed by atoms with Crippen LogP contribution in [0.5, 0.6) is 0 Å². The molecule has 0 spiro atoms. The number of carbonyl (C=O) groups excluding carboxylic acids is 2. The number of piperidine rings is 1. The number of nitrogens with one attached hydrogen (secondary N) is 1. The quantitative estimate of drug-likeness (QED) is 0.406. The summed E-state index contributed by atoms with van der Waals surface area (Å²) in [5, 5.41) is 4.32. The average molecular weight is 507 g/mol. The predicted molar refractivity (Wildman–Crippen MR) is 125 cm³/mol. The van der Waals surface area contributed by atoms with Gasteiger partial charge in [0.15, 0.2) is 0 Å². The van der Waals surface area contributed by atoms with Gasteiger partial charge in [-0.2, -0.15) is 0 Å². The standard InChI is InChI=1S/C22H19BrN8O2/c23-16-2-1-3-17(28-16)29-22(33)15-7-11-6-14(11)31(15)18(32)9-30-13-4-5-25-8-12(13)19-20(24)26-10-27-21(19)30/h1-5,8,10-11,14-15H,6-7,9H2,(H2,24,26,27)(H,28,29,33)/t11?,14-,15+/m1/s1. The van der Waals surface area contributed by atoms with E-state index in [-0.39, 0.29) is 24.4 Å². The Bertz CT molecular complexity index is 1440. The number of nitrogen functional groups attached to an aromatic ring is 1. The van der Waals surface area contributed by atoms with Gasteiger partial charge in [0, 0.05) is 23.8 Å². The molecule has 166 valence electrons. The van der Waals surface area contributed by atoms with Crippen molar-refractivity contribution >= 4 is 61.3 Å². The first-order valence-electron chi connectivity index (χ1n) is 10.6. The van der Waals surface area contributed by atoms with Gasteiger partial charge in [-0.05, 0) is 52.9 Å². The summed E-state index contributed by atoms with van der Waals surface area (Å²) >= 11 is 3.31. The van der Waals surface area contributed by atoms with Crippen LogP contribution in [0.4, 0.5) is 11.6 Å². The van der Waals surface area contributed by atoms with Gasteiger partial charge in [0.2, 0.25) is 11.8 Å². The van der Waals surface area contributed by atoms with Crippen LogP contribution >= 0.6 is 15.9 Å². The van der Waals surface area contributed by atoms with Crippen LogP contribution in [0.15, 0.2) is 47.6 Å². The number of aromatic nitrogens is 5. The number of fused-ring (bicyclic) bond motifs is 4. The van der Waals surface area contributed by atoms with Crippen LogP contribution in [-0.2, 0) is 16.1 Å². The summed E-state index contributed by atoms with van der Waals surface area (Å²) in [6, 6.07) is 6.70. The molecule has 0 aromatic carbocycles. The lowest BCUT2D eigenvalue weighted by Gasteiger charge is -2.27. The molecule has 4 aromatic rings. The normalized spacial score (nSPS) is 21.4. The number of hydrogen-bond donors (Lipinski definition) is 2. The third-order valence-electron chi connectivity index (χ3n) is 6.43. The smallest absolute Gasteiger partial charge is 0.248 e. The van der Waals surface area contributed by atoms with E-state index in [9.17, 15) is 9.59 Å². The third-order valence-corrected chi connectivity index (χ3v) is 6.87. The van der Waals surface area contributed by atoms with E-state index in [2.05, 4.69) is 41.2 Å². The van der Waals surface area contributed by atoms with E-state index in [4.69, 9.17) is 5.73 Å². The Hall–Kier alpha value is -3.60. The summed E-state index contributed by atoms with van der Waals surface area (Å²) in [5.41, 5.74) is 7.48. The number of pyridine rings is 2. The molecule has 6 rings (SSSR count). The maximum absolute atomic E-state index is 13.6. The zero-order chi connectivity index (χ0) is 22.7. The summed E-state index contributed by atoms with van der Waals surface area (Å²) in [6.07, 6.45) is 6.34. The summed E-state index contributed by atoms with van der Waals surface area (Å²) in [5.74, 6) is 0.797. The highest BCUT2D eigenvalue weighted by Crippen LogP contribution is 2.48. The van der Waals surface area contributed by atoms with Gasteiger partial charge in [-0.3, -0.25) is 14.6 Å². The number of rotatable bonds is 4. The van der Waals surface area contributed by atoms with Crippen LogP contribution in [-0.4, -0.2) is 53.3 Å². The maximum atomic E-state index is 13.6. The first-order valence-corrected chi connectivity index (χ1v) is 11.4. The Morgan fingerprint density at radius 1 is 1.21 bits per heavy atom. The molecule has 11 heteroatoms. The van der Waals surface area contributed by atoms with E-state index >= 15 is 0 Å². The molecule has 2 aliphatic rings. The van der Waals surface area contributed by atoms with E-state index in [1.54, 1.807) is 35.5 Å². The van der Waals surface area contributed by atoms with Gasteiger partial charge in [-0.25, -0.2) is 15.0 Å². The summed E-state index contributed by atoms with van der Waals surface area (Å²) < 4.78 is 2.46. The molecule has 1 aliphatic heterocycles. The molecule has 5 heterocycles. The van der Waals surface area contributed by atoms with E-state index in [0.29, 0.717) is 39.6 Å². The van der Waals surface area contributed by atoms with E-state index in [1.165, 1.54) is 6.33 Å². The number of nitrogens with two attached hydrogens (primary N) is 1. The minimum absolute atomic E-state index is 0.0442. The fourth-order valence-corrected chi connectivity index (χ4v) is 5.24. The first kappa shape index (κ1) is 20.0. The molecule has 1 saturated carbocycles. The minimum Gasteiger partial charge on any atom is -0.383 e. The van der Waals surface area contributed by atoms with Crippen molar-refractivity contribution in [3.05, 3.63) is 47.6 Å². The molecule has 1 unspecified atom stereocenters. The number of carbonyl (C=O) groups is 2. The lowest BCUT2D eigenvalue weighted by Crippen LogP contribution is -2.46. The van der Waals surface area contributed by atoms with E-state index in [1.807, 2.05) is 10.6 Å². The maximum Gasteiger partial charge on any atom is 0.248 e. The lowest BCUT2D eigenvalue weighted by atomic mass is 10.1. The van der Waals surface area contributed by atoms with Crippen LogP contribution < -0.4 is 11.1 Å². The minimum atomic E-state index is -0.531. The van der Waals surface area contributed by atoms with Crippen molar-refractivity contribution in [3.8, 4) is 0 Å². The number of halogens is 1. The average Bonchev–Trinajstić information content (AvgIpc) is 3.34. The van der Waals surface area contributed by atoms with Gasteiger partial charge in [0.1, 0.15) is 40.8 Å². The van der Waals surface area contributed by atoms with E-state index < -0.39 is 6.04 Å². The Kier molecular flexibility index (Phi) is 4.54. The fourth-order valence-electron chi connectivity index (χ4n) is 4.90. The van der Waals surface area contributed by atoms with Crippen molar-refractivity contribution < 1.29 is 9.59 Å². The molecule has 1 saturated heterocycles. The monoisotopic (exact) mass is 506 g/mol. The number of likely N-dealkylation sites (tertiary alicyclic amines) is 1. The summed E-state index contributed by atoms with van der Waals surface area (Å²) in [6.45, 7) is 0.0442. The second kappa shape index (κ2) is 7.48. The molecule has 2 fully saturated rings. The van der Waals surface area contributed by atoms with Gasteiger partial charge in [0.25, 0.3) is 0 Å². The molecular weight excluding hydrogens is 488 g/mol. The highest BCUT2D eigenvalue weighted by molar-refractivity contribution is 9.10. The number of anilines is 2. The van der Waals surface area contributed by atoms with Gasteiger partial charge >= 0.3 is 0 Å². The second-order valence-electron chi connectivity index (χ2n) is 8.39. The Morgan fingerprint density at radius 3 is 2.94 bits per heavy atom. The van der Waals surface area contributed by atoms with E-state index in [0.717, 1.165) is 17.3 Å². The Labute approximate surface area is 196 Å². The summed E-state index contributed by atoms with van der Waals surface area (Å²) in [4.78, 5) is 45.3. The van der Waals surface area contributed by atoms with Crippen molar-refractivity contribution in [2.45, 2.75) is 31.5 Å². The fraction of sp³-hybridized carbons (Fsp3) is 0.273. The third kappa shape index (κ3) is 3.30. The molecule has 4 aromatic heterocycles. The first-order chi connectivity index (χ1) is 16.0. The number of nitrogens with zero attached hydrogens (tertiary/aromatic N) is 6. The van der Waals surface area contributed by atoms with Crippen molar-refractivity contribution in [1.82, 2.24) is 29.4 Å². The molecule has 33 heavy (non-hydrogen) atoms. The van der Waals surface area contributed by atoms with Crippen LogP contribution in [0.25, 0.3) is 21.9 Å². The van der Waals surface area contributed by atoms with Crippen LogP contribution in [0, 0.1) is 5.92 Å². The second-order valence-corrected chi connectivity index (χ2v) is 9.20. The van der Waals surface area contributed by atoms with Crippen LogP contribution in [0.2, 0.25) is 0 Å². The molecule has 0 bridgehead atoms. The molecule has 2 amide bonds. The summed E-state index contributed by atoms with van der Waals surface area (Å²) in [7, 11) is 0. The topological polar surface area (TPSA) is 132 Å². The molecular formula is C22H19BrN8O2. The van der Waals surface area contributed by atoms with Gasteiger partial charge in [0.05, 0.1) is 10.9 Å². The van der Waals surface area contributed by atoms with Gasteiger partial charge in [-0.15, -0.1) is 0 Å². The SMILES string of the molecule is Nc1ncnc2c1c1cnccc1n2CC(=O)N1[C@@H]2CC2C[C@H]1C(=O)Nc1cccc(Br)n1. The van der Waals surface area contributed by atoms with Crippen molar-refractivity contribution in [2.24, 2.45) is 5.92 Å². The highest BCUT2D eigenvalue weighted by Gasteiger charge is 2.56. The molecule has 10 nitrogen and oxygen atoms in total. The van der Waals surface area contributed by atoms with Crippen LogP contribution in [0.3, 0.4) is 0 Å². The Morgan fingerprint density at radius 2 is 2.09 bits per heavy atom. The van der Waals surface area contributed by atoms with Crippen molar-refractivity contribution in [2.75, 3.05) is 11.1 Å². The van der Waals surface area contributed by atoms with Gasteiger partial charge in [-0.1, -0.05) is 6.07 Å². The highest BCUT2D eigenvalue weighted by atomic mass is 79.9. The molecule has 1 aliphatic carbocycles. The molecule has 3 atom stereocenters. The largest absolute Gasteiger partial charge is 0.383 e. The Balaban J connectivity index is 1.31. The van der Waals surface area contributed by atoms with Crippen molar-refractivity contribution in [3.63, 3.8) is 0 Å². The molecule has 3 N–H and O–H groups in total. The number of hydrogen-bond acceptors (Lipinski definition) is 7. The zero-order valence-electron chi connectivity index (χ0n) is 17.3. The molecule has 0 radical (unpaired) electrons. The predicted octanol–water partition coefficient (Wildman–Crippen LogP) is 2.35. The number of amides is 2.